The summed E-state index contributed by atoms with van der Waals surface area (Å²) >= 11 is 6.06. The van der Waals surface area contributed by atoms with Crippen LogP contribution in [-0.4, -0.2) is 28.9 Å². The van der Waals surface area contributed by atoms with Crippen molar-refractivity contribution in [1.82, 2.24) is 0 Å². The summed E-state index contributed by atoms with van der Waals surface area (Å²) in [5.74, 6) is 1.54. The van der Waals surface area contributed by atoms with E-state index in [0.717, 1.165) is 0 Å². The fraction of sp³-hybridized carbons (Fsp3) is 0.250. The number of hydrogen-bond donors (Lipinski definition) is 0. The Morgan fingerprint density at radius 2 is 1.92 bits per heavy atom. The first kappa shape index (κ1) is 16.7. The number of rotatable bonds is 5. The monoisotopic (exact) mass is 369 g/mol. The highest BCUT2D eigenvalue weighted by atomic mass is 35.5. The van der Waals surface area contributed by atoms with E-state index in [-0.39, 0.29) is 23.3 Å². The third kappa shape index (κ3) is 2.85. The van der Waals surface area contributed by atoms with Crippen LogP contribution in [0.15, 0.2) is 41.3 Å². The van der Waals surface area contributed by atoms with Crippen LogP contribution >= 0.6 is 11.6 Å². The van der Waals surface area contributed by atoms with Crippen LogP contribution in [0.25, 0.3) is 0 Å². The lowest BCUT2D eigenvalue weighted by molar-refractivity contribution is 0.174. The Bertz CT molecular complexity index is 869. The van der Waals surface area contributed by atoms with E-state index >= 15 is 0 Å². The summed E-state index contributed by atoms with van der Waals surface area (Å²) in [5.41, 5.74) is 0.494. The van der Waals surface area contributed by atoms with E-state index in [1.54, 1.807) is 25.1 Å². The fourth-order valence-corrected chi connectivity index (χ4v) is 4.28. The first-order valence-corrected chi connectivity index (χ1v) is 9.05. The summed E-state index contributed by atoms with van der Waals surface area (Å²) in [6, 6.07) is 9.40. The number of anilines is 1. The lowest BCUT2D eigenvalue weighted by Crippen LogP contribution is -2.30. The van der Waals surface area contributed by atoms with Gasteiger partial charge in [-0.2, -0.15) is 0 Å². The van der Waals surface area contributed by atoms with Gasteiger partial charge in [-0.1, -0.05) is 11.6 Å². The van der Waals surface area contributed by atoms with E-state index in [0.29, 0.717) is 22.9 Å². The van der Waals surface area contributed by atoms with E-state index in [1.165, 1.54) is 29.6 Å². The highest BCUT2D eigenvalue weighted by molar-refractivity contribution is 7.92. The SMILES string of the molecule is CCN(c1ccc2c(c1)OCO2)S(=O)(=O)c1ccc(OC)c(Cl)c1. The smallest absolute Gasteiger partial charge is 0.264 e. The first-order valence-electron chi connectivity index (χ1n) is 7.23. The minimum absolute atomic E-state index is 0.0906. The number of halogens is 1. The van der Waals surface area contributed by atoms with Gasteiger partial charge in [0.2, 0.25) is 6.79 Å². The minimum Gasteiger partial charge on any atom is -0.495 e. The van der Waals surface area contributed by atoms with Gasteiger partial charge < -0.3 is 14.2 Å². The molecule has 1 aliphatic rings. The van der Waals surface area contributed by atoms with Crippen LogP contribution in [-0.2, 0) is 10.0 Å². The summed E-state index contributed by atoms with van der Waals surface area (Å²) in [6.45, 7) is 2.14. The number of benzene rings is 2. The highest BCUT2D eigenvalue weighted by Crippen LogP contribution is 2.37. The molecule has 1 heterocycles. The van der Waals surface area contributed by atoms with E-state index in [2.05, 4.69) is 0 Å². The van der Waals surface area contributed by atoms with Crippen molar-refractivity contribution in [2.24, 2.45) is 0 Å². The molecule has 2 aromatic carbocycles. The van der Waals surface area contributed by atoms with Crippen LogP contribution in [0.4, 0.5) is 5.69 Å². The molecule has 3 rings (SSSR count). The summed E-state index contributed by atoms with van der Waals surface area (Å²) in [7, 11) is -2.30. The lowest BCUT2D eigenvalue weighted by atomic mass is 10.3. The molecule has 0 aromatic heterocycles. The quantitative estimate of drug-likeness (QED) is 0.809. The number of ether oxygens (including phenoxy) is 3. The molecule has 0 fully saturated rings. The molecule has 128 valence electrons. The molecular formula is C16H16ClNO5S. The van der Waals surface area contributed by atoms with Gasteiger partial charge in [0.1, 0.15) is 5.75 Å². The van der Waals surface area contributed by atoms with Crippen LogP contribution in [0.1, 0.15) is 6.92 Å². The second-order valence-electron chi connectivity index (χ2n) is 5.00. The lowest BCUT2D eigenvalue weighted by Gasteiger charge is -2.23. The zero-order valence-corrected chi connectivity index (χ0v) is 14.7. The van der Waals surface area contributed by atoms with Gasteiger partial charge in [0.05, 0.1) is 22.7 Å². The normalized spacial score (nSPS) is 13.0. The average molecular weight is 370 g/mol. The van der Waals surface area contributed by atoms with Gasteiger partial charge >= 0.3 is 0 Å². The fourth-order valence-electron chi connectivity index (χ4n) is 2.47. The third-order valence-corrected chi connectivity index (χ3v) is 5.84. The molecule has 0 saturated heterocycles. The summed E-state index contributed by atoms with van der Waals surface area (Å²) in [6.07, 6.45) is 0. The Morgan fingerprint density at radius 1 is 1.17 bits per heavy atom. The molecule has 24 heavy (non-hydrogen) atoms. The minimum atomic E-state index is -3.77. The molecule has 0 radical (unpaired) electrons. The number of sulfonamides is 1. The van der Waals surface area contributed by atoms with Crippen molar-refractivity contribution in [3.8, 4) is 17.2 Å². The molecule has 0 bridgehead atoms. The van der Waals surface area contributed by atoms with E-state index < -0.39 is 10.0 Å². The molecular weight excluding hydrogens is 354 g/mol. The van der Waals surface area contributed by atoms with Crippen molar-refractivity contribution in [2.45, 2.75) is 11.8 Å². The van der Waals surface area contributed by atoms with E-state index in [9.17, 15) is 8.42 Å². The molecule has 0 N–H and O–H groups in total. The predicted molar refractivity (Wildman–Crippen MR) is 90.8 cm³/mol. The van der Waals surface area contributed by atoms with Crippen molar-refractivity contribution in [3.05, 3.63) is 41.4 Å². The second kappa shape index (κ2) is 6.41. The highest BCUT2D eigenvalue weighted by Gasteiger charge is 2.26. The number of methoxy groups -OCH3 is 1. The first-order chi connectivity index (χ1) is 11.5. The zero-order chi connectivity index (χ0) is 17.3. The van der Waals surface area contributed by atoms with Crippen LogP contribution in [0.2, 0.25) is 5.02 Å². The van der Waals surface area contributed by atoms with Gasteiger partial charge in [-0.05, 0) is 37.3 Å². The molecule has 0 unspecified atom stereocenters. The molecule has 2 aromatic rings. The summed E-state index contributed by atoms with van der Waals surface area (Å²) in [4.78, 5) is 0.0906. The maximum atomic E-state index is 13.0. The van der Waals surface area contributed by atoms with Gasteiger partial charge in [-0.25, -0.2) is 8.42 Å². The maximum Gasteiger partial charge on any atom is 0.264 e. The molecule has 1 aliphatic heterocycles. The zero-order valence-electron chi connectivity index (χ0n) is 13.2. The molecule has 0 aliphatic carbocycles. The summed E-state index contributed by atoms with van der Waals surface area (Å²) < 4.78 is 42.9. The van der Waals surface area contributed by atoms with Gasteiger partial charge in [0.15, 0.2) is 11.5 Å². The molecule has 0 spiro atoms. The van der Waals surface area contributed by atoms with Gasteiger partial charge in [0.25, 0.3) is 10.0 Å². The number of fused-ring (bicyclic) bond motifs is 1. The average Bonchev–Trinajstić information content (AvgIpc) is 3.03. The summed E-state index contributed by atoms with van der Waals surface area (Å²) in [5, 5.41) is 0.236. The Labute approximate surface area is 145 Å². The Balaban J connectivity index is 2.01. The standard InChI is InChI=1S/C16H16ClNO5S/c1-3-18(11-4-6-15-16(8-11)23-10-22-15)24(19,20)12-5-7-14(21-2)13(17)9-12/h4-9H,3,10H2,1-2H3. The maximum absolute atomic E-state index is 13.0. The van der Waals surface area contributed by atoms with Crippen molar-refractivity contribution in [3.63, 3.8) is 0 Å². The molecule has 0 saturated carbocycles. The van der Waals surface area contributed by atoms with Crippen molar-refractivity contribution in [2.75, 3.05) is 24.8 Å². The Hall–Kier alpha value is -2.12. The van der Waals surface area contributed by atoms with Crippen LogP contribution in [0.5, 0.6) is 17.2 Å². The molecule has 6 nitrogen and oxygen atoms in total. The third-order valence-electron chi connectivity index (χ3n) is 3.64. The topological polar surface area (TPSA) is 65.1 Å². The number of hydrogen-bond acceptors (Lipinski definition) is 5. The Morgan fingerprint density at radius 3 is 2.58 bits per heavy atom. The predicted octanol–water partition coefficient (Wildman–Crippen LogP) is 3.29. The van der Waals surface area contributed by atoms with Crippen molar-refractivity contribution in [1.29, 1.82) is 0 Å². The van der Waals surface area contributed by atoms with Gasteiger partial charge in [-0.15, -0.1) is 0 Å². The second-order valence-corrected chi connectivity index (χ2v) is 7.27. The van der Waals surface area contributed by atoms with Gasteiger partial charge in [-0.3, -0.25) is 4.31 Å². The van der Waals surface area contributed by atoms with E-state index in [1.807, 2.05) is 0 Å². The van der Waals surface area contributed by atoms with Gasteiger partial charge in [0, 0.05) is 12.6 Å². The molecule has 0 amide bonds. The van der Waals surface area contributed by atoms with Crippen molar-refractivity contribution >= 4 is 27.3 Å². The number of nitrogens with zero attached hydrogens (tertiary/aromatic N) is 1. The van der Waals surface area contributed by atoms with Crippen molar-refractivity contribution < 1.29 is 22.6 Å². The molecule has 0 atom stereocenters. The van der Waals surface area contributed by atoms with E-state index in [4.69, 9.17) is 25.8 Å². The van der Waals surface area contributed by atoms with Crippen LogP contribution < -0.4 is 18.5 Å². The Kier molecular flexibility index (Phi) is 4.47. The van der Waals surface area contributed by atoms with Crippen LogP contribution in [0.3, 0.4) is 0 Å². The molecule has 8 heteroatoms. The van der Waals surface area contributed by atoms with Crippen LogP contribution in [0, 0.1) is 0 Å². The largest absolute Gasteiger partial charge is 0.495 e.